The molecule has 0 saturated heterocycles. The summed E-state index contributed by atoms with van der Waals surface area (Å²) in [7, 11) is 1.33. The van der Waals surface area contributed by atoms with Crippen LogP contribution in [0.15, 0.2) is 24.3 Å². The topological polar surface area (TPSA) is 39.2 Å². The fourth-order valence-electron chi connectivity index (χ4n) is 1.63. The number of ether oxygens (including phenoxy) is 1. The second-order valence-electron chi connectivity index (χ2n) is 3.39. The van der Waals surface area contributed by atoms with E-state index < -0.39 is 5.97 Å². The molecule has 0 N–H and O–H groups in total. The molecule has 1 aromatic heterocycles. The summed E-state index contributed by atoms with van der Waals surface area (Å²) in [6.45, 7) is 1.74. The molecule has 0 fully saturated rings. The molecule has 1 heterocycles. The van der Waals surface area contributed by atoms with Crippen LogP contribution in [-0.4, -0.2) is 18.1 Å². The van der Waals surface area contributed by atoms with Gasteiger partial charge in [-0.25, -0.2) is 4.79 Å². The first kappa shape index (κ1) is 10.9. The van der Waals surface area contributed by atoms with E-state index in [2.05, 4.69) is 9.72 Å². The molecule has 0 saturated carbocycles. The quantitative estimate of drug-likeness (QED) is 0.714. The molecule has 82 valence electrons. The van der Waals surface area contributed by atoms with Crippen LogP contribution in [0.1, 0.15) is 16.1 Å². The maximum atomic E-state index is 11.6. The van der Waals surface area contributed by atoms with Gasteiger partial charge in [0, 0.05) is 5.39 Å². The number of hydrogen-bond acceptors (Lipinski definition) is 3. The first-order chi connectivity index (χ1) is 7.65. The summed E-state index contributed by atoms with van der Waals surface area (Å²) in [5.41, 5.74) is 1.69. The Morgan fingerprint density at radius 3 is 2.75 bits per heavy atom. The normalized spacial score (nSPS) is 10.4. The van der Waals surface area contributed by atoms with Gasteiger partial charge in [-0.05, 0) is 13.0 Å². The van der Waals surface area contributed by atoms with Gasteiger partial charge in [-0.15, -0.1) is 0 Å². The van der Waals surface area contributed by atoms with Crippen molar-refractivity contribution in [3.8, 4) is 0 Å². The summed E-state index contributed by atoms with van der Waals surface area (Å²) in [5.74, 6) is -0.458. The Balaban J connectivity index is 2.80. The van der Waals surface area contributed by atoms with Crippen LogP contribution in [0.3, 0.4) is 0 Å². The van der Waals surface area contributed by atoms with Crippen LogP contribution in [0.5, 0.6) is 0 Å². The van der Waals surface area contributed by atoms with E-state index in [9.17, 15) is 4.79 Å². The number of halogens is 1. The fourth-order valence-corrected chi connectivity index (χ4v) is 2.00. The van der Waals surface area contributed by atoms with Crippen molar-refractivity contribution < 1.29 is 9.53 Å². The number of carbonyl (C=O) groups is 1. The Kier molecular flexibility index (Phi) is 2.79. The minimum atomic E-state index is -0.458. The smallest absolute Gasteiger partial charge is 0.341 e. The summed E-state index contributed by atoms with van der Waals surface area (Å²) in [6.07, 6.45) is 0. The molecule has 0 radical (unpaired) electrons. The van der Waals surface area contributed by atoms with Gasteiger partial charge < -0.3 is 4.74 Å². The first-order valence-corrected chi connectivity index (χ1v) is 5.16. The van der Waals surface area contributed by atoms with E-state index in [0.29, 0.717) is 16.3 Å². The SMILES string of the molecule is COC(=O)c1c(C)nc2ccccc2c1Cl. The Morgan fingerprint density at radius 1 is 1.38 bits per heavy atom. The molecule has 4 heteroatoms. The molecule has 0 aliphatic heterocycles. The lowest BCUT2D eigenvalue weighted by molar-refractivity contribution is 0.0600. The maximum absolute atomic E-state index is 11.6. The summed E-state index contributed by atoms with van der Waals surface area (Å²) in [5, 5.41) is 1.16. The summed E-state index contributed by atoms with van der Waals surface area (Å²) < 4.78 is 4.68. The number of carbonyl (C=O) groups excluding carboxylic acids is 1. The van der Waals surface area contributed by atoms with Crippen molar-refractivity contribution in [1.29, 1.82) is 0 Å². The number of pyridine rings is 1. The van der Waals surface area contributed by atoms with Crippen LogP contribution < -0.4 is 0 Å². The Labute approximate surface area is 98.0 Å². The van der Waals surface area contributed by atoms with Crippen molar-refractivity contribution in [2.75, 3.05) is 7.11 Å². The van der Waals surface area contributed by atoms with Crippen LogP contribution in [0.25, 0.3) is 10.9 Å². The molecule has 0 amide bonds. The van der Waals surface area contributed by atoms with Gasteiger partial charge in [0.2, 0.25) is 0 Å². The molecular formula is C12H10ClNO2. The molecule has 3 nitrogen and oxygen atoms in total. The monoisotopic (exact) mass is 235 g/mol. The van der Waals surface area contributed by atoms with Crippen molar-refractivity contribution in [2.24, 2.45) is 0 Å². The fraction of sp³-hybridized carbons (Fsp3) is 0.167. The van der Waals surface area contributed by atoms with Crippen molar-refractivity contribution in [2.45, 2.75) is 6.92 Å². The van der Waals surface area contributed by atoms with Gasteiger partial charge in [-0.3, -0.25) is 4.98 Å². The largest absolute Gasteiger partial charge is 0.465 e. The zero-order valence-electron chi connectivity index (χ0n) is 8.95. The third-order valence-corrected chi connectivity index (χ3v) is 2.79. The number of esters is 1. The predicted molar refractivity (Wildman–Crippen MR) is 62.8 cm³/mol. The molecule has 0 spiro atoms. The van der Waals surface area contributed by atoms with Gasteiger partial charge in [0.05, 0.1) is 23.3 Å². The van der Waals surface area contributed by atoms with Gasteiger partial charge >= 0.3 is 5.97 Å². The van der Waals surface area contributed by atoms with Crippen LogP contribution in [0.2, 0.25) is 5.02 Å². The molecule has 0 bridgehead atoms. The number of rotatable bonds is 1. The first-order valence-electron chi connectivity index (χ1n) is 4.78. The summed E-state index contributed by atoms with van der Waals surface area (Å²) >= 11 is 6.18. The highest BCUT2D eigenvalue weighted by molar-refractivity contribution is 6.38. The zero-order valence-corrected chi connectivity index (χ0v) is 9.71. The predicted octanol–water partition coefficient (Wildman–Crippen LogP) is 2.98. The van der Waals surface area contributed by atoms with Crippen LogP contribution >= 0.6 is 11.6 Å². The van der Waals surface area contributed by atoms with E-state index >= 15 is 0 Å². The highest BCUT2D eigenvalue weighted by atomic mass is 35.5. The average Bonchev–Trinajstić information content (AvgIpc) is 2.28. The van der Waals surface area contributed by atoms with Crippen molar-refractivity contribution >= 4 is 28.5 Å². The van der Waals surface area contributed by atoms with E-state index in [0.717, 1.165) is 10.9 Å². The van der Waals surface area contributed by atoms with Gasteiger partial charge in [0.15, 0.2) is 0 Å². The number of aryl methyl sites for hydroxylation is 1. The zero-order chi connectivity index (χ0) is 11.7. The second-order valence-corrected chi connectivity index (χ2v) is 3.77. The average molecular weight is 236 g/mol. The molecule has 0 atom stereocenters. The van der Waals surface area contributed by atoms with Gasteiger partial charge in [-0.1, -0.05) is 29.8 Å². The molecule has 0 unspecified atom stereocenters. The van der Waals surface area contributed by atoms with Crippen LogP contribution in [-0.2, 0) is 4.74 Å². The van der Waals surface area contributed by atoms with Crippen LogP contribution in [0, 0.1) is 6.92 Å². The molecule has 2 aromatic rings. The van der Waals surface area contributed by atoms with Gasteiger partial charge in [0.1, 0.15) is 5.56 Å². The Morgan fingerprint density at radius 2 is 2.06 bits per heavy atom. The van der Waals surface area contributed by atoms with E-state index in [1.54, 1.807) is 6.92 Å². The lowest BCUT2D eigenvalue weighted by Crippen LogP contribution is -2.06. The van der Waals surface area contributed by atoms with E-state index in [1.165, 1.54) is 7.11 Å². The number of hydrogen-bond donors (Lipinski definition) is 0. The summed E-state index contributed by atoms with van der Waals surface area (Å²) in [6, 6.07) is 7.42. The minimum Gasteiger partial charge on any atom is -0.465 e. The highest BCUT2D eigenvalue weighted by Gasteiger charge is 2.17. The molecule has 1 aromatic carbocycles. The van der Waals surface area contributed by atoms with E-state index in [1.807, 2.05) is 24.3 Å². The Hall–Kier alpha value is -1.61. The van der Waals surface area contributed by atoms with Crippen molar-refractivity contribution in [3.05, 3.63) is 40.5 Å². The number of para-hydroxylation sites is 1. The van der Waals surface area contributed by atoms with Gasteiger partial charge in [0.25, 0.3) is 0 Å². The molecule has 2 rings (SSSR count). The third-order valence-electron chi connectivity index (χ3n) is 2.40. The molecule has 16 heavy (non-hydrogen) atoms. The van der Waals surface area contributed by atoms with E-state index in [4.69, 9.17) is 11.6 Å². The second kappa shape index (κ2) is 4.10. The van der Waals surface area contributed by atoms with Crippen molar-refractivity contribution in [3.63, 3.8) is 0 Å². The molecular weight excluding hydrogens is 226 g/mol. The Bertz CT molecular complexity index is 566. The lowest BCUT2D eigenvalue weighted by atomic mass is 10.1. The number of methoxy groups -OCH3 is 1. The van der Waals surface area contributed by atoms with Crippen molar-refractivity contribution in [1.82, 2.24) is 4.98 Å². The maximum Gasteiger partial charge on any atom is 0.341 e. The van der Waals surface area contributed by atoms with Crippen LogP contribution in [0.4, 0.5) is 0 Å². The number of aromatic nitrogens is 1. The third kappa shape index (κ3) is 1.63. The molecule has 0 aliphatic carbocycles. The number of fused-ring (bicyclic) bond motifs is 1. The standard InChI is InChI=1S/C12H10ClNO2/c1-7-10(12(15)16-2)11(13)8-5-3-4-6-9(8)14-7/h3-6H,1-2H3. The minimum absolute atomic E-state index is 0.336. The highest BCUT2D eigenvalue weighted by Crippen LogP contribution is 2.28. The van der Waals surface area contributed by atoms with E-state index in [-0.39, 0.29) is 0 Å². The lowest BCUT2D eigenvalue weighted by Gasteiger charge is -2.08. The summed E-state index contributed by atoms with van der Waals surface area (Å²) in [4.78, 5) is 15.9. The molecule has 0 aliphatic rings. The number of nitrogens with zero attached hydrogens (tertiary/aromatic N) is 1. The number of benzene rings is 1. The van der Waals surface area contributed by atoms with Gasteiger partial charge in [-0.2, -0.15) is 0 Å².